The monoisotopic (exact) mass is 375 g/mol. The third-order valence-electron chi connectivity index (χ3n) is 5.34. The Morgan fingerprint density at radius 3 is 2.93 bits per heavy atom. The number of aromatic amines is 1. The molecule has 0 radical (unpaired) electrons. The van der Waals surface area contributed by atoms with Crippen molar-refractivity contribution < 1.29 is 4.79 Å². The van der Waals surface area contributed by atoms with Crippen molar-refractivity contribution in [2.24, 2.45) is 11.7 Å². The molecule has 0 aliphatic carbocycles. The van der Waals surface area contributed by atoms with Crippen LogP contribution in [-0.4, -0.2) is 40.0 Å². The Hall–Kier alpha value is -3.60. The summed E-state index contributed by atoms with van der Waals surface area (Å²) in [4.78, 5) is 25.9. The largest absolute Gasteiger partial charge is 0.379 e. The standard InChI is InChI=1S/C20H21N7O/c1-12-5-7-27(17-3-2-13(8-21)9-24-17)11-16(12)26-18-14-4-6-23-20(14)25-10-15(18)19(22)28/h2-4,6,9-10,12,16H,5,7,11H2,1H3,(H2,22,28)(H2,23,25,26)/t12-,16?/m1/s1. The van der Waals surface area contributed by atoms with Gasteiger partial charge in [-0.3, -0.25) is 4.79 Å². The minimum absolute atomic E-state index is 0.102. The Bertz CT molecular complexity index is 1050. The number of nitrogens with zero attached hydrogens (tertiary/aromatic N) is 4. The fourth-order valence-electron chi connectivity index (χ4n) is 3.64. The number of primary amides is 1. The van der Waals surface area contributed by atoms with Crippen LogP contribution < -0.4 is 16.0 Å². The molecule has 4 N–H and O–H groups in total. The van der Waals surface area contributed by atoms with E-state index in [1.807, 2.05) is 12.1 Å². The number of rotatable bonds is 4. The summed E-state index contributed by atoms with van der Waals surface area (Å²) in [5.41, 5.74) is 7.93. The lowest BCUT2D eigenvalue weighted by molar-refractivity contribution is 0.100. The molecule has 28 heavy (non-hydrogen) atoms. The van der Waals surface area contributed by atoms with Gasteiger partial charge in [0.15, 0.2) is 0 Å². The summed E-state index contributed by atoms with van der Waals surface area (Å²) in [5.74, 6) is 0.735. The average Bonchev–Trinajstić information content (AvgIpc) is 3.19. The Balaban J connectivity index is 1.62. The van der Waals surface area contributed by atoms with Gasteiger partial charge in [0.25, 0.3) is 5.91 Å². The molecular weight excluding hydrogens is 354 g/mol. The molecule has 1 aliphatic heterocycles. The van der Waals surface area contributed by atoms with Crippen LogP contribution >= 0.6 is 0 Å². The highest BCUT2D eigenvalue weighted by molar-refractivity contribution is 6.06. The fraction of sp³-hybridized carbons (Fsp3) is 0.300. The second-order valence-corrected chi connectivity index (χ2v) is 7.13. The molecule has 2 atom stereocenters. The topological polar surface area (TPSA) is 124 Å². The number of hydrogen-bond donors (Lipinski definition) is 3. The van der Waals surface area contributed by atoms with Crippen molar-refractivity contribution in [1.29, 1.82) is 5.26 Å². The van der Waals surface area contributed by atoms with Gasteiger partial charge in [-0.2, -0.15) is 5.26 Å². The van der Waals surface area contributed by atoms with E-state index in [0.717, 1.165) is 30.7 Å². The van der Waals surface area contributed by atoms with Crippen molar-refractivity contribution in [2.45, 2.75) is 19.4 Å². The Morgan fingerprint density at radius 2 is 2.21 bits per heavy atom. The van der Waals surface area contributed by atoms with E-state index in [2.05, 4.69) is 38.2 Å². The number of H-pyrrole nitrogens is 1. The normalized spacial score (nSPS) is 19.4. The van der Waals surface area contributed by atoms with Gasteiger partial charge in [-0.1, -0.05) is 6.92 Å². The van der Waals surface area contributed by atoms with Gasteiger partial charge in [-0.05, 0) is 30.5 Å². The maximum Gasteiger partial charge on any atom is 0.252 e. The van der Waals surface area contributed by atoms with E-state index in [1.54, 1.807) is 18.5 Å². The molecule has 3 aromatic rings. The molecular formula is C20H21N7O. The number of carbonyl (C=O) groups excluding carboxylic acids is 1. The second-order valence-electron chi connectivity index (χ2n) is 7.13. The summed E-state index contributed by atoms with van der Waals surface area (Å²) in [6.45, 7) is 3.81. The number of fused-ring (bicyclic) bond motifs is 1. The van der Waals surface area contributed by atoms with E-state index in [9.17, 15) is 4.79 Å². The summed E-state index contributed by atoms with van der Waals surface area (Å²) >= 11 is 0. The quantitative estimate of drug-likeness (QED) is 0.642. The number of amides is 1. The molecule has 1 amide bonds. The van der Waals surface area contributed by atoms with Crippen LogP contribution in [-0.2, 0) is 0 Å². The smallest absolute Gasteiger partial charge is 0.252 e. The highest BCUT2D eigenvalue weighted by atomic mass is 16.1. The number of anilines is 2. The van der Waals surface area contributed by atoms with Crippen LogP contribution in [0.4, 0.5) is 11.5 Å². The molecule has 0 bridgehead atoms. The average molecular weight is 375 g/mol. The van der Waals surface area contributed by atoms with Crippen molar-refractivity contribution in [3.8, 4) is 6.07 Å². The van der Waals surface area contributed by atoms with Crippen molar-refractivity contribution in [2.75, 3.05) is 23.3 Å². The van der Waals surface area contributed by atoms with Crippen LogP contribution in [0.3, 0.4) is 0 Å². The third-order valence-corrected chi connectivity index (χ3v) is 5.34. The number of piperidine rings is 1. The lowest BCUT2D eigenvalue weighted by Gasteiger charge is -2.39. The summed E-state index contributed by atoms with van der Waals surface area (Å²) in [7, 11) is 0. The summed E-state index contributed by atoms with van der Waals surface area (Å²) in [5, 5.41) is 13.4. The Morgan fingerprint density at radius 1 is 1.36 bits per heavy atom. The van der Waals surface area contributed by atoms with Gasteiger partial charge in [0.05, 0.1) is 16.8 Å². The first-order chi connectivity index (χ1) is 13.6. The predicted octanol–water partition coefficient (Wildman–Crippen LogP) is 2.26. The number of pyridine rings is 2. The van der Waals surface area contributed by atoms with Crippen molar-refractivity contribution >= 4 is 28.4 Å². The van der Waals surface area contributed by atoms with Gasteiger partial charge in [0.2, 0.25) is 0 Å². The molecule has 1 saturated heterocycles. The highest BCUT2D eigenvalue weighted by Gasteiger charge is 2.28. The van der Waals surface area contributed by atoms with Gasteiger partial charge in [-0.25, -0.2) is 9.97 Å². The number of aromatic nitrogens is 3. The zero-order valence-electron chi connectivity index (χ0n) is 15.5. The van der Waals surface area contributed by atoms with Crippen LogP contribution in [0.2, 0.25) is 0 Å². The molecule has 1 unspecified atom stereocenters. The molecule has 1 fully saturated rings. The van der Waals surface area contributed by atoms with E-state index < -0.39 is 5.91 Å². The highest BCUT2D eigenvalue weighted by Crippen LogP contribution is 2.30. The molecule has 8 heteroatoms. The number of nitrogens with one attached hydrogen (secondary N) is 2. The van der Waals surface area contributed by atoms with Crippen molar-refractivity contribution in [3.63, 3.8) is 0 Å². The summed E-state index contributed by atoms with van der Waals surface area (Å²) in [6.07, 6.45) is 5.88. The van der Waals surface area contributed by atoms with Gasteiger partial charge >= 0.3 is 0 Å². The van der Waals surface area contributed by atoms with Crippen LogP contribution in [0.5, 0.6) is 0 Å². The van der Waals surface area contributed by atoms with Crippen LogP contribution in [0, 0.1) is 17.2 Å². The third kappa shape index (κ3) is 3.22. The SMILES string of the molecule is C[C@@H]1CCN(c2ccc(C#N)cn2)CC1Nc1c(C(N)=O)cnc2[nH]ccc12. The van der Waals surface area contributed by atoms with E-state index in [4.69, 9.17) is 11.0 Å². The Kier molecular flexibility index (Phi) is 4.57. The molecule has 0 saturated carbocycles. The van der Waals surface area contributed by atoms with Crippen LogP contribution in [0.25, 0.3) is 11.0 Å². The number of carbonyl (C=O) groups is 1. The van der Waals surface area contributed by atoms with Crippen molar-refractivity contribution in [1.82, 2.24) is 15.0 Å². The van der Waals surface area contributed by atoms with Gasteiger partial charge in [-0.15, -0.1) is 0 Å². The first-order valence-electron chi connectivity index (χ1n) is 9.20. The Labute approximate surface area is 162 Å². The maximum atomic E-state index is 11.9. The van der Waals surface area contributed by atoms with Crippen LogP contribution in [0.1, 0.15) is 29.3 Å². The molecule has 8 nitrogen and oxygen atoms in total. The molecule has 4 heterocycles. The predicted molar refractivity (Wildman–Crippen MR) is 107 cm³/mol. The minimum atomic E-state index is -0.507. The van der Waals surface area contributed by atoms with Crippen molar-refractivity contribution in [3.05, 3.63) is 47.9 Å². The number of nitrogens with two attached hydrogens (primary N) is 1. The molecule has 4 rings (SSSR count). The lowest BCUT2D eigenvalue weighted by Crippen LogP contribution is -2.47. The summed E-state index contributed by atoms with van der Waals surface area (Å²) < 4.78 is 0. The summed E-state index contributed by atoms with van der Waals surface area (Å²) in [6, 6.07) is 7.74. The van der Waals surface area contributed by atoms with E-state index in [-0.39, 0.29) is 6.04 Å². The minimum Gasteiger partial charge on any atom is -0.379 e. The first kappa shape index (κ1) is 17.8. The van der Waals surface area contributed by atoms with E-state index >= 15 is 0 Å². The molecule has 0 aromatic carbocycles. The van der Waals surface area contributed by atoms with Gasteiger partial charge in [0, 0.05) is 43.1 Å². The maximum absolute atomic E-state index is 11.9. The second kappa shape index (κ2) is 7.19. The van der Waals surface area contributed by atoms with E-state index in [1.165, 1.54) is 6.20 Å². The number of hydrogen-bond acceptors (Lipinski definition) is 6. The zero-order chi connectivity index (χ0) is 19.7. The fourth-order valence-corrected chi connectivity index (χ4v) is 3.64. The van der Waals surface area contributed by atoms with Gasteiger partial charge < -0.3 is 20.9 Å². The molecule has 3 aromatic heterocycles. The zero-order valence-corrected chi connectivity index (χ0v) is 15.5. The van der Waals surface area contributed by atoms with Gasteiger partial charge in [0.1, 0.15) is 17.5 Å². The van der Waals surface area contributed by atoms with Crippen LogP contribution in [0.15, 0.2) is 36.8 Å². The first-order valence-corrected chi connectivity index (χ1v) is 9.20. The lowest BCUT2D eigenvalue weighted by atomic mass is 9.92. The number of nitriles is 1. The van der Waals surface area contributed by atoms with E-state index in [0.29, 0.717) is 28.4 Å². The molecule has 0 spiro atoms. The molecule has 1 aliphatic rings. The molecule has 142 valence electrons.